The maximum Gasteiger partial charge on any atom is 0.0972 e. The molecule has 0 fully saturated rings. The van der Waals surface area contributed by atoms with Crippen LogP contribution in [0.3, 0.4) is 0 Å². The molecule has 12 aromatic rings. The van der Waals surface area contributed by atoms with E-state index in [1.54, 1.807) is 0 Å². The molecule has 4 heterocycles. The average Bonchev–Trinajstić information content (AvgIpc) is 3.64. The van der Waals surface area contributed by atoms with Crippen LogP contribution in [0.1, 0.15) is 0 Å². The summed E-state index contributed by atoms with van der Waals surface area (Å²) in [5.41, 5.74) is 14.6. The summed E-state index contributed by atoms with van der Waals surface area (Å²) in [7, 11) is 0. The molecule has 0 aliphatic rings. The number of para-hydroxylation sites is 2. The zero-order chi connectivity index (χ0) is 38.9. The third-order valence-electron chi connectivity index (χ3n) is 11.8. The summed E-state index contributed by atoms with van der Waals surface area (Å²) < 4.78 is 2.39. The number of hydrogen-bond donors (Lipinski definition) is 0. The van der Waals surface area contributed by atoms with E-state index in [0.717, 1.165) is 88.7 Å². The van der Waals surface area contributed by atoms with Crippen LogP contribution in [-0.2, 0) is 0 Å². The van der Waals surface area contributed by atoms with Gasteiger partial charge in [-0.1, -0.05) is 158 Å². The van der Waals surface area contributed by atoms with Crippen LogP contribution < -0.4 is 0 Å². The maximum absolute atomic E-state index is 5.43. The van der Waals surface area contributed by atoms with Gasteiger partial charge in [-0.15, -0.1) is 0 Å². The molecule has 0 bridgehead atoms. The van der Waals surface area contributed by atoms with Crippen molar-refractivity contribution < 1.29 is 0 Å². The first-order chi connectivity index (χ1) is 29.2. The molecular weight excluding hydrogens is 717 g/mol. The molecule has 0 N–H and O–H groups in total. The van der Waals surface area contributed by atoms with E-state index in [-0.39, 0.29) is 0 Å². The summed E-state index contributed by atoms with van der Waals surface area (Å²) >= 11 is 0. The molecule has 4 aromatic heterocycles. The molecular formula is C55H34N4. The van der Waals surface area contributed by atoms with Crippen molar-refractivity contribution in [1.29, 1.82) is 0 Å². The highest BCUT2D eigenvalue weighted by molar-refractivity contribution is 6.20. The second kappa shape index (κ2) is 13.3. The van der Waals surface area contributed by atoms with E-state index in [9.17, 15) is 0 Å². The molecule has 0 aliphatic heterocycles. The lowest BCUT2D eigenvalue weighted by Crippen LogP contribution is -1.94. The van der Waals surface area contributed by atoms with Crippen LogP contribution in [0, 0.1) is 0 Å². The zero-order valence-electron chi connectivity index (χ0n) is 31.9. The Morgan fingerprint density at radius 1 is 0.305 bits per heavy atom. The number of nitrogens with zero attached hydrogens (tertiary/aromatic N) is 4. The molecule has 0 unspecified atom stereocenters. The normalized spacial score (nSPS) is 11.7. The fourth-order valence-corrected chi connectivity index (χ4v) is 8.85. The maximum atomic E-state index is 5.43. The minimum absolute atomic E-state index is 0.908. The summed E-state index contributed by atoms with van der Waals surface area (Å²) in [4.78, 5) is 15.7. The summed E-state index contributed by atoms with van der Waals surface area (Å²) in [5.74, 6) is 0. The van der Waals surface area contributed by atoms with Gasteiger partial charge in [0.1, 0.15) is 0 Å². The van der Waals surface area contributed by atoms with Gasteiger partial charge in [0.15, 0.2) is 0 Å². The molecule has 0 amide bonds. The van der Waals surface area contributed by atoms with Crippen LogP contribution in [0.2, 0.25) is 0 Å². The third-order valence-corrected chi connectivity index (χ3v) is 11.8. The van der Waals surface area contributed by atoms with Gasteiger partial charge in [0.05, 0.1) is 44.7 Å². The Hall–Kier alpha value is -7.95. The summed E-state index contributed by atoms with van der Waals surface area (Å²) in [6, 6.07) is 73.2. The molecule has 274 valence electrons. The second-order valence-corrected chi connectivity index (χ2v) is 15.2. The van der Waals surface area contributed by atoms with Gasteiger partial charge in [0, 0.05) is 54.7 Å². The molecule has 0 atom stereocenters. The predicted octanol–water partition coefficient (Wildman–Crippen LogP) is 14.2. The van der Waals surface area contributed by atoms with E-state index in [1.807, 2.05) is 18.2 Å². The van der Waals surface area contributed by atoms with Crippen LogP contribution >= 0.6 is 0 Å². The molecule has 0 aliphatic carbocycles. The molecule has 0 saturated carbocycles. The Morgan fingerprint density at radius 3 is 1.56 bits per heavy atom. The molecule has 12 rings (SSSR count). The zero-order valence-corrected chi connectivity index (χ0v) is 31.9. The number of rotatable bonds is 5. The van der Waals surface area contributed by atoms with Crippen molar-refractivity contribution in [2.24, 2.45) is 0 Å². The Balaban J connectivity index is 0.983. The van der Waals surface area contributed by atoms with Crippen molar-refractivity contribution in [2.45, 2.75) is 0 Å². The van der Waals surface area contributed by atoms with Crippen molar-refractivity contribution in [1.82, 2.24) is 19.5 Å². The Kier molecular flexibility index (Phi) is 7.50. The van der Waals surface area contributed by atoms with Crippen LogP contribution in [0.4, 0.5) is 0 Å². The Morgan fingerprint density at radius 2 is 0.864 bits per heavy atom. The van der Waals surface area contributed by atoms with Crippen LogP contribution in [-0.4, -0.2) is 19.5 Å². The summed E-state index contributed by atoms with van der Waals surface area (Å²) in [6.07, 6.45) is 0. The molecule has 0 saturated heterocycles. The fourth-order valence-electron chi connectivity index (χ4n) is 8.85. The van der Waals surface area contributed by atoms with Gasteiger partial charge < -0.3 is 4.57 Å². The molecule has 8 aromatic carbocycles. The number of fused-ring (bicyclic) bond motifs is 9. The third kappa shape index (κ3) is 5.49. The van der Waals surface area contributed by atoms with Gasteiger partial charge in [-0.2, -0.15) is 0 Å². The van der Waals surface area contributed by atoms with E-state index < -0.39 is 0 Å². The van der Waals surface area contributed by atoms with Crippen molar-refractivity contribution >= 4 is 65.3 Å². The van der Waals surface area contributed by atoms with Crippen LogP contribution in [0.25, 0.3) is 116 Å². The molecule has 59 heavy (non-hydrogen) atoms. The van der Waals surface area contributed by atoms with E-state index in [1.165, 1.54) is 27.2 Å². The smallest absolute Gasteiger partial charge is 0.0972 e. The van der Waals surface area contributed by atoms with Gasteiger partial charge in [0.25, 0.3) is 0 Å². The fraction of sp³-hybridized carbons (Fsp3) is 0. The van der Waals surface area contributed by atoms with Gasteiger partial charge in [-0.25, -0.2) is 15.0 Å². The topological polar surface area (TPSA) is 43.6 Å². The first-order valence-corrected chi connectivity index (χ1v) is 20.0. The minimum atomic E-state index is 0.908. The number of benzene rings is 8. The van der Waals surface area contributed by atoms with Crippen LogP contribution in [0.5, 0.6) is 0 Å². The Labute approximate surface area is 340 Å². The highest BCUT2D eigenvalue weighted by Crippen LogP contribution is 2.41. The summed E-state index contributed by atoms with van der Waals surface area (Å²) in [6.45, 7) is 0. The minimum Gasteiger partial charge on any atom is -0.309 e. The van der Waals surface area contributed by atoms with E-state index in [4.69, 9.17) is 15.0 Å². The lowest BCUT2D eigenvalue weighted by molar-refractivity contribution is 1.18. The first kappa shape index (κ1) is 33.2. The van der Waals surface area contributed by atoms with E-state index in [0.29, 0.717) is 0 Å². The monoisotopic (exact) mass is 750 g/mol. The van der Waals surface area contributed by atoms with E-state index in [2.05, 4.69) is 193 Å². The molecule has 0 spiro atoms. The quantitative estimate of drug-likeness (QED) is 0.165. The molecule has 4 heteroatoms. The van der Waals surface area contributed by atoms with Crippen molar-refractivity contribution in [2.75, 3.05) is 0 Å². The van der Waals surface area contributed by atoms with Gasteiger partial charge in [-0.3, -0.25) is 0 Å². The number of pyridine rings is 3. The van der Waals surface area contributed by atoms with Crippen molar-refractivity contribution in [3.05, 3.63) is 206 Å². The van der Waals surface area contributed by atoms with Crippen molar-refractivity contribution in [3.63, 3.8) is 0 Å². The molecule has 0 radical (unpaired) electrons. The lowest BCUT2D eigenvalue weighted by atomic mass is 9.95. The van der Waals surface area contributed by atoms with Gasteiger partial charge in [-0.05, 0) is 65.0 Å². The Bertz CT molecular complexity index is 3580. The van der Waals surface area contributed by atoms with Gasteiger partial charge in [0.2, 0.25) is 0 Å². The standard InChI is InChI=1S/C55H34N4/c1-4-12-36(13-5-1)48-30-27-39-24-25-40-28-31-49(57-55(40)54(39)56-48)37-22-20-35(21-23-37)41-26-29-43-45-34-52-46(33-47(45)53(58-50(43)32-41)38-14-6-2-7-15-38)44-18-10-11-19-51(44)59(52)42-16-8-3-9-17-42/h1-34H. The number of aromatic nitrogens is 4. The second-order valence-electron chi connectivity index (χ2n) is 15.2. The number of hydrogen-bond acceptors (Lipinski definition) is 3. The van der Waals surface area contributed by atoms with E-state index >= 15 is 0 Å². The SMILES string of the molecule is c1ccc(-c2ccc3ccc4ccc(-c5ccc(-c6ccc7c(c6)nc(-c6ccccc6)c6cc8c9ccccc9n(-c9ccccc9)c8cc67)cc5)nc4c3n2)cc1. The molecule has 4 nitrogen and oxygen atoms in total. The van der Waals surface area contributed by atoms with Crippen LogP contribution in [0.15, 0.2) is 206 Å². The summed E-state index contributed by atoms with van der Waals surface area (Å²) in [5, 5.41) is 8.05. The van der Waals surface area contributed by atoms with Crippen molar-refractivity contribution in [3.8, 4) is 50.6 Å². The average molecular weight is 751 g/mol. The highest BCUT2D eigenvalue weighted by Gasteiger charge is 2.18. The lowest BCUT2D eigenvalue weighted by Gasteiger charge is -2.13. The largest absolute Gasteiger partial charge is 0.309 e. The van der Waals surface area contributed by atoms with Gasteiger partial charge >= 0.3 is 0 Å². The first-order valence-electron chi connectivity index (χ1n) is 20.0. The predicted molar refractivity (Wildman–Crippen MR) is 246 cm³/mol. The highest BCUT2D eigenvalue weighted by atomic mass is 15.0.